The number of carbonyl (C=O) groups is 3. The molecule has 0 radical (unpaired) electrons. The van der Waals surface area contributed by atoms with Crippen LogP contribution in [-0.4, -0.2) is 30.1 Å². The van der Waals surface area contributed by atoms with Gasteiger partial charge < -0.3 is 14.2 Å². The molecule has 3 aromatic carbocycles. The molecule has 0 aliphatic heterocycles. The van der Waals surface area contributed by atoms with Gasteiger partial charge in [-0.15, -0.1) is 0 Å². The zero-order valence-electron chi connectivity index (χ0n) is 26.4. The van der Waals surface area contributed by atoms with Gasteiger partial charge >= 0.3 is 17.9 Å². The van der Waals surface area contributed by atoms with Crippen LogP contribution in [0.2, 0.25) is 0 Å². The van der Waals surface area contributed by atoms with E-state index in [0.29, 0.717) is 34.3 Å². The number of esters is 3. The third-order valence-corrected chi connectivity index (χ3v) is 8.13. The van der Waals surface area contributed by atoms with Crippen molar-refractivity contribution in [3.05, 3.63) is 89.5 Å². The maximum Gasteiger partial charge on any atom is 0.343 e. The Kier molecular flexibility index (Phi) is 13.0. The Balaban J connectivity index is 1.54. The molecule has 0 aliphatic carbocycles. The molecular weight excluding hydrogens is 540 g/mol. The minimum Gasteiger partial charge on any atom is -0.459 e. The first-order valence-electron chi connectivity index (χ1n) is 15.6. The van der Waals surface area contributed by atoms with Crippen LogP contribution >= 0.6 is 0 Å². The quantitative estimate of drug-likeness (QED) is 0.130. The average Bonchev–Trinajstić information content (AvgIpc) is 3.02. The van der Waals surface area contributed by atoms with E-state index in [1.54, 1.807) is 48.5 Å². The Morgan fingerprint density at radius 2 is 0.837 bits per heavy atom. The van der Waals surface area contributed by atoms with Gasteiger partial charge in [0, 0.05) is 0 Å². The topological polar surface area (TPSA) is 78.9 Å². The summed E-state index contributed by atoms with van der Waals surface area (Å²) in [6.45, 7) is 12.5. The third kappa shape index (κ3) is 10.1. The van der Waals surface area contributed by atoms with Crippen LogP contribution in [0.5, 0.6) is 5.75 Å². The molecule has 0 N–H and O–H groups in total. The van der Waals surface area contributed by atoms with Crippen LogP contribution < -0.4 is 4.74 Å². The molecule has 0 saturated heterocycles. The van der Waals surface area contributed by atoms with Crippen molar-refractivity contribution in [2.24, 2.45) is 11.8 Å². The Hall–Kier alpha value is -3.93. The summed E-state index contributed by atoms with van der Waals surface area (Å²) in [4.78, 5) is 37.8. The minimum atomic E-state index is -0.499. The second kappa shape index (κ2) is 16.6. The molecule has 0 aromatic heterocycles. The molecule has 0 heterocycles. The van der Waals surface area contributed by atoms with E-state index in [4.69, 9.17) is 14.2 Å². The van der Waals surface area contributed by atoms with E-state index in [1.807, 2.05) is 38.1 Å². The third-order valence-electron chi connectivity index (χ3n) is 8.13. The van der Waals surface area contributed by atoms with Crippen molar-refractivity contribution in [2.45, 2.75) is 92.3 Å². The first-order chi connectivity index (χ1) is 20.7. The lowest BCUT2D eigenvalue weighted by molar-refractivity contribution is 0.0275. The van der Waals surface area contributed by atoms with Crippen LogP contribution in [-0.2, 0) is 9.47 Å². The van der Waals surface area contributed by atoms with Crippen molar-refractivity contribution in [3.63, 3.8) is 0 Å². The first kappa shape index (κ1) is 33.6. The number of carbonyl (C=O) groups excluding carboxylic acids is 3. The van der Waals surface area contributed by atoms with E-state index < -0.39 is 5.97 Å². The molecule has 6 nitrogen and oxygen atoms in total. The van der Waals surface area contributed by atoms with Gasteiger partial charge in [0.1, 0.15) is 5.75 Å². The number of rotatable bonds is 15. The van der Waals surface area contributed by atoms with Gasteiger partial charge in [-0.1, -0.05) is 77.6 Å². The van der Waals surface area contributed by atoms with Crippen LogP contribution in [0.1, 0.15) is 111 Å². The molecule has 2 unspecified atom stereocenters. The molecule has 6 heteroatoms. The fourth-order valence-corrected chi connectivity index (χ4v) is 5.20. The predicted octanol–water partition coefficient (Wildman–Crippen LogP) is 9.32. The zero-order valence-corrected chi connectivity index (χ0v) is 26.4. The fraction of sp³-hybridized carbons (Fsp3) is 0.432. The molecule has 0 amide bonds. The van der Waals surface area contributed by atoms with Crippen molar-refractivity contribution in [1.82, 2.24) is 0 Å². The van der Waals surface area contributed by atoms with Gasteiger partial charge in [-0.05, 0) is 98.2 Å². The average molecular weight is 587 g/mol. The lowest BCUT2D eigenvalue weighted by Gasteiger charge is -2.18. The van der Waals surface area contributed by atoms with Crippen molar-refractivity contribution in [2.75, 3.05) is 0 Å². The van der Waals surface area contributed by atoms with Crippen molar-refractivity contribution in [3.8, 4) is 16.9 Å². The van der Waals surface area contributed by atoms with Gasteiger partial charge in [-0.3, -0.25) is 0 Å². The van der Waals surface area contributed by atoms with Gasteiger partial charge in [0.05, 0.1) is 28.9 Å². The summed E-state index contributed by atoms with van der Waals surface area (Å²) in [7, 11) is 0. The van der Waals surface area contributed by atoms with Gasteiger partial charge in [0.15, 0.2) is 0 Å². The van der Waals surface area contributed by atoms with E-state index in [1.165, 1.54) is 0 Å². The summed E-state index contributed by atoms with van der Waals surface area (Å²) in [5, 5.41) is 0. The largest absolute Gasteiger partial charge is 0.459 e. The molecule has 0 fully saturated rings. The summed E-state index contributed by atoms with van der Waals surface area (Å²) in [5.74, 6) is 0.226. The molecule has 0 spiro atoms. The first-order valence-corrected chi connectivity index (χ1v) is 15.6. The normalized spacial score (nSPS) is 12.6. The van der Waals surface area contributed by atoms with Crippen molar-refractivity contribution in [1.29, 1.82) is 0 Å². The highest BCUT2D eigenvalue weighted by molar-refractivity contribution is 5.93. The summed E-state index contributed by atoms with van der Waals surface area (Å²) in [6.07, 6.45) is 5.69. The number of ether oxygens (including phenoxy) is 3. The van der Waals surface area contributed by atoms with Gasteiger partial charge in [-0.2, -0.15) is 0 Å². The van der Waals surface area contributed by atoms with Gasteiger partial charge in [0.25, 0.3) is 0 Å². The Morgan fingerprint density at radius 1 is 0.512 bits per heavy atom. The maximum absolute atomic E-state index is 12.7. The molecular formula is C37H46O6. The number of benzene rings is 3. The highest BCUT2D eigenvalue weighted by atomic mass is 16.5. The van der Waals surface area contributed by atoms with Gasteiger partial charge in [-0.25, -0.2) is 14.4 Å². The smallest absolute Gasteiger partial charge is 0.343 e. The number of hydrogen-bond donors (Lipinski definition) is 0. The summed E-state index contributed by atoms with van der Waals surface area (Å²) in [6, 6.07) is 20.7. The standard InChI is InChI=1S/C37H46O6/c1-7-27(8-2)23-25(5)41-35(38)31-15-11-29(12-16-31)30-13-17-32(18-14-30)37(40)43-34-21-19-33(20-22-34)36(39)42-26(6)24-28(9-3)10-4/h11-22,25-28H,7-10,23-24H2,1-6H3. The molecule has 0 bridgehead atoms. The Morgan fingerprint density at radius 3 is 1.19 bits per heavy atom. The molecule has 43 heavy (non-hydrogen) atoms. The van der Waals surface area contributed by atoms with E-state index in [2.05, 4.69) is 27.7 Å². The van der Waals surface area contributed by atoms with Gasteiger partial charge in [0.2, 0.25) is 0 Å². The predicted molar refractivity (Wildman–Crippen MR) is 170 cm³/mol. The van der Waals surface area contributed by atoms with Crippen LogP contribution in [0.3, 0.4) is 0 Å². The van der Waals surface area contributed by atoms with Crippen LogP contribution in [0.4, 0.5) is 0 Å². The lowest BCUT2D eigenvalue weighted by atomic mass is 9.97. The van der Waals surface area contributed by atoms with Crippen LogP contribution in [0.15, 0.2) is 72.8 Å². The molecule has 0 saturated carbocycles. The summed E-state index contributed by atoms with van der Waals surface area (Å²) >= 11 is 0. The van der Waals surface area contributed by atoms with Crippen LogP contribution in [0.25, 0.3) is 11.1 Å². The molecule has 3 rings (SSSR count). The lowest BCUT2D eigenvalue weighted by Crippen LogP contribution is -2.18. The Bertz CT molecular complexity index is 1300. The van der Waals surface area contributed by atoms with Crippen molar-refractivity contribution < 1.29 is 28.6 Å². The molecule has 3 aromatic rings. The molecule has 0 aliphatic rings. The monoisotopic (exact) mass is 586 g/mol. The maximum atomic E-state index is 12.7. The molecule has 230 valence electrons. The highest BCUT2D eigenvalue weighted by Crippen LogP contribution is 2.23. The molecule has 2 atom stereocenters. The van der Waals surface area contributed by atoms with E-state index in [9.17, 15) is 14.4 Å². The van der Waals surface area contributed by atoms with E-state index in [-0.39, 0.29) is 24.1 Å². The SMILES string of the molecule is CCC(CC)CC(C)OC(=O)c1ccc(OC(=O)c2ccc(-c3ccc(C(=O)OC(C)CC(CC)CC)cc3)cc2)cc1. The summed E-state index contributed by atoms with van der Waals surface area (Å²) in [5.41, 5.74) is 3.14. The van der Waals surface area contributed by atoms with Crippen molar-refractivity contribution >= 4 is 17.9 Å². The Labute approximate surface area is 256 Å². The van der Waals surface area contributed by atoms with Crippen LogP contribution in [0, 0.1) is 11.8 Å². The highest BCUT2D eigenvalue weighted by Gasteiger charge is 2.18. The van der Waals surface area contributed by atoms with E-state index >= 15 is 0 Å². The number of hydrogen-bond acceptors (Lipinski definition) is 6. The fourth-order valence-electron chi connectivity index (χ4n) is 5.20. The zero-order chi connectivity index (χ0) is 31.4. The second-order valence-electron chi connectivity index (χ2n) is 11.3. The minimum absolute atomic E-state index is 0.128. The summed E-state index contributed by atoms with van der Waals surface area (Å²) < 4.78 is 16.8. The second-order valence-corrected chi connectivity index (χ2v) is 11.3. The van der Waals surface area contributed by atoms with E-state index in [0.717, 1.165) is 49.7 Å².